The fourth-order valence-corrected chi connectivity index (χ4v) is 3.09. The number of aromatic nitrogens is 2. The molecule has 170 valence electrons. The van der Waals surface area contributed by atoms with Crippen LogP contribution in [0.2, 0.25) is 0 Å². The van der Waals surface area contributed by atoms with Gasteiger partial charge < -0.3 is 11.1 Å². The van der Waals surface area contributed by atoms with E-state index in [1.807, 2.05) is 0 Å². The van der Waals surface area contributed by atoms with Gasteiger partial charge in [-0.05, 0) is 53.6 Å². The number of benzene rings is 3. The molecule has 1 aromatic heterocycles. The van der Waals surface area contributed by atoms with E-state index in [0.717, 1.165) is 6.07 Å². The summed E-state index contributed by atoms with van der Waals surface area (Å²) in [5.41, 5.74) is 4.90. The maximum absolute atomic E-state index is 14.3. The number of rotatable bonds is 3. The number of fused-ring (bicyclic) bond motifs is 1. The number of amides is 1. The molecule has 0 aliphatic heterocycles. The Kier molecular flexibility index (Phi) is 6.50. The maximum atomic E-state index is 14.3. The van der Waals surface area contributed by atoms with Crippen molar-refractivity contribution < 1.29 is 26.7 Å². The van der Waals surface area contributed by atoms with Gasteiger partial charge in [0.15, 0.2) is 0 Å². The first kappa shape index (κ1) is 23.9. The average molecular weight is 481 g/mol. The van der Waals surface area contributed by atoms with Crippen LogP contribution in [-0.4, -0.2) is 15.9 Å². The second-order valence-corrected chi connectivity index (χ2v) is 6.84. The Hall–Kier alpha value is -3.79. The number of hydrogen-bond donors (Lipinski definition) is 2. The highest BCUT2D eigenvalue weighted by atomic mass is 35.5. The van der Waals surface area contributed by atoms with Crippen molar-refractivity contribution >= 4 is 40.9 Å². The van der Waals surface area contributed by atoms with Crippen molar-refractivity contribution in [2.24, 2.45) is 0 Å². The molecule has 0 unspecified atom stereocenters. The van der Waals surface area contributed by atoms with Crippen molar-refractivity contribution in [3.63, 3.8) is 0 Å². The van der Waals surface area contributed by atoms with Gasteiger partial charge in [0, 0.05) is 11.6 Å². The maximum Gasteiger partial charge on any atom is 0.416 e. The minimum atomic E-state index is -4.77. The summed E-state index contributed by atoms with van der Waals surface area (Å²) >= 11 is 0. The highest BCUT2D eigenvalue weighted by Gasteiger charge is 2.32. The van der Waals surface area contributed by atoms with Crippen LogP contribution in [0.4, 0.5) is 33.6 Å². The van der Waals surface area contributed by atoms with Crippen LogP contribution >= 0.6 is 12.4 Å². The molecule has 0 saturated heterocycles. The normalized spacial score (nSPS) is 11.2. The van der Waals surface area contributed by atoms with Gasteiger partial charge in [-0.2, -0.15) is 13.2 Å². The summed E-state index contributed by atoms with van der Waals surface area (Å²) in [6.07, 6.45) is -3.25. The van der Waals surface area contributed by atoms with Gasteiger partial charge in [-0.3, -0.25) is 4.79 Å². The Morgan fingerprint density at radius 1 is 0.909 bits per heavy atom. The highest BCUT2D eigenvalue weighted by Crippen LogP contribution is 2.31. The third-order valence-corrected chi connectivity index (χ3v) is 4.68. The van der Waals surface area contributed by atoms with Crippen LogP contribution in [-0.2, 0) is 6.18 Å². The van der Waals surface area contributed by atoms with Crippen LogP contribution in [0.1, 0.15) is 15.9 Å². The monoisotopic (exact) mass is 480 g/mol. The first-order valence-electron chi connectivity index (χ1n) is 9.12. The lowest BCUT2D eigenvalue weighted by Crippen LogP contribution is -2.16. The molecule has 33 heavy (non-hydrogen) atoms. The van der Waals surface area contributed by atoms with Crippen molar-refractivity contribution in [1.82, 2.24) is 9.97 Å². The lowest BCUT2D eigenvalue weighted by Gasteiger charge is -2.12. The number of nitrogen functional groups attached to an aromatic ring is 1. The molecule has 0 radical (unpaired) electrons. The van der Waals surface area contributed by atoms with Crippen molar-refractivity contribution in [2.75, 3.05) is 11.1 Å². The molecule has 0 fully saturated rings. The number of hydrogen-bond acceptors (Lipinski definition) is 4. The summed E-state index contributed by atoms with van der Waals surface area (Å²) in [7, 11) is 0. The van der Waals surface area contributed by atoms with Gasteiger partial charge in [0.2, 0.25) is 5.95 Å². The molecule has 5 nitrogen and oxygen atoms in total. The van der Waals surface area contributed by atoms with E-state index in [1.54, 1.807) is 18.2 Å². The predicted molar refractivity (Wildman–Crippen MR) is 116 cm³/mol. The number of alkyl halides is 3. The van der Waals surface area contributed by atoms with Gasteiger partial charge in [-0.25, -0.2) is 18.7 Å². The third kappa shape index (κ3) is 5.01. The van der Waals surface area contributed by atoms with Gasteiger partial charge in [0.25, 0.3) is 5.91 Å². The number of carbonyl (C=O) groups is 1. The van der Waals surface area contributed by atoms with E-state index in [9.17, 15) is 26.7 Å². The van der Waals surface area contributed by atoms with E-state index in [0.29, 0.717) is 40.2 Å². The molecule has 1 heterocycles. The molecule has 0 bridgehead atoms. The van der Waals surface area contributed by atoms with Crippen molar-refractivity contribution in [3.8, 4) is 11.1 Å². The second kappa shape index (κ2) is 8.99. The quantitative estimate of drug-likeness (QED) is 0.360. The van der Waals surface area contributed by atoms with Crippen LogP contribution < -0.4 is 11.1 Å². The summed E-state index contributed by atoms with van der Waals surface area (Å²) in [5, 5.41) is 2.80. The molecule has 3 aromatic carbocycles. The van der Waals surface area contributed by atoms with E-state index in [1.165, 1.54) is 18.3 Å². The number of nitrogens with two attached hydrogens (primary N) is 1. The Balaban J connectivity index is 0.00000306. The number of carbonyl (C=O) groups excluding carboxylic acids is 1. The van der Waals surface area contributed by atoms with E-state index in [4.69, 9.17) is 5.73 Å². The molecule has 4 rings (SSSR count). The predicted octanol–water partition coefficient (Wildman–Crippen LogP) is 5.85. The fraction of sp³-hybridized carbons (Fsp3) is 0.0455. The molecule has 0 aliphatic carbocycles. The minimum absolute atomic E-state index is 0. The molecule has 4 aromatic rings. The summed E-state index contributed by atoms with van der Waals surface area (Å²) in [4.78, 5) is 20.4. The molecule has 3 N–H and O–H groups in total. The van der Waals surface area contributed by atoms with Crippen molar-refractivity contribution in [1.29, 1.82) is 0 Å². The Morgan fingerprint density at radius 2 is 1.58 bits per heavy atom. The lowest BCUT2D eigenvalue weighted by molar-refractivity contribution is -0.137. The molecular formula is C22H14ClF5N4O. The summed E-state index contributed by atoms with van der Waals surface area (Å²) in [5.74, 6) is -3.11. The van der Waals surface area contributed by atoms with Crippen LogP contribution in [0, 0.1) is 11.6 Å². The number of anilines is 2. The number of nitrogens with zero attached hydrogens (tertiary/aromatic N) is 2. The standard InChI is InChI=1S/C22H13F5N4O.ClH/c23-16-5-3-14(22(25,26)27)9-15(16)20(32)30-19-8-12(1-4-17(19)24)11-2-6-18-13(7-11)10-29-21(28)31-18;/h1-10H,(H,30,32)(H2,28,29,31);1H. The summed E-state index contributed by atoms with van der Waals surface area (Å²) in [6.45, 7) is 0. The molecule has 0 aliphatic rings. The van der Waals surface area contributed by atoms with Gasteiger partial charge in [0.1, 0.15) is 11.6 Å². The van der Waals surface area contributed by atoms with E-state index >= 15 is 0 Å². The van der Waals surface area contributed by atoms with Crippen LogP contribution in [0.3, 0.4) is 0 Å². The van der Waals surface area contributed by atoms with Crippen molar-refractivity contribution in [2.45, 2.75) is 6.18 Å². The first-order valence-corrected chi connectivity index (χ1v) is 9.12. The Bertz CT molecular complexity index is 1360. The van der Waals surface area contributed by atoms with E-state index in [2.05, 4.69) is 15.3 Å². The zero-order valence-corrected chi connectivity index (χ0v) is 17.3. The van der Waals surface area contributed by atoms with Gasteiger partial charge in [-0.15, -0.1) is 12.4 Å². The Morgan fingerprint density at radius 3 is 2.30 bits per heavy atom. The molecule has 11 heteroatoms. The van der Waals surface area contributed by atoms with Gasteiger partial charge in [-0.1, -0.05) is 12.1 Å². The smallest absolute Gasteiger partial charge is 0.368 e. The van der Waals surface area contributed by atoms with E-state index in [-0.39, 0.29) is 24.0 Å². The molecule has 0 spiro atoms. The molecular weight excluding hydrogens is 467 g/mol. The van der Waals surface area contributed by atoms with Crippen LogP contribution in [0.15, 0.2) is 60.8 Å². The summed E-state index contributed by atoms with van der Waals surface area (Å²) < 4.78 is 67.0. The SMILES string of the molecule is Cl.Nc1ncc2cc(-c3ccc(F)c(NC(=O)c4cc(C(F)(F)F)ccc4F)c3)ccc2n1. The lowest BCUT2D eigenvalue weighted by atomic mass is 10.0. The van der Waals surface area contributed by atoms with Crippen LogP contribution in [0.25, 0.3) is 22.0 Å². The average Bonchev–Trinajstić information content (AvgIpc) is 2.74. The number of nitrogens with one attached hydrogen (secondary N) is 1. The second-order valence-electron chi connectivity index (χ2n) is 6.84. The molecule has 0 atom stereocenters. The fourth-order valence-electron chi connectivity index (χ4n) is 3.09. The van der Waals surface area contributed by atoms with E-state index < -0.39 is 34.8 Å². The molecule has 0 saturated carbocycles. The zero-order chi connectivity index (χ0) is 23.0. The largest absolute Gasteiger partial charge is 0.416 e. The zero-order valence-electron chi connectivity index (χ0n) is 16.5. The number of halogens is 6. The molecule has 1 amide bonds. The third-order valence-electron chi connectivity index (χ3n) is 4.68. The van der Waals surface area contributed by atoms with Crippen LogP contribution in [0.5, 0.6) is 0 Å². The highest BCUT2D eigenvalue weighted by molar-refractivity contribution is 6.05. The Labute approximate surface area is 189 Å². The van der Waals surface area contributed by atoms with Gasteiger partial charge >= 0.3 is 6.18 Å². The minimum Gasteiger partial charge on any atom is -0.368 e. The first-order chi connectivity index (χ1) is 15.1. The topological polar surface area (TPSA) is 80.9 Å². The van der Waals surface area contributed by atoms with Crippen molar-refractivity contribution in [3.05, 3.63) is 83.6 Å². The van der Waals surface area contributed by atoms with Gasteiger partial charge in [0.05, 0.1) is 22.3 Å². The summed E-state index contributed by atoms with van der Waals surface area (Å²) in [6, 6.07) is 10.4.